The van der Waals surface area contributed by atoms with Crippen LogP contribution in [0.4, 0.5) is 5.69 Å². The molecule has 1 aromatic rings. The molecule has 0 bridgehead atoms. The molecule has 25 heavy (non-hydrogen) atoms. The molecule has 0 radical (unpaired) electrons. The number of nitrogens with zero attached hydrogens (tertiary/aromatic N) is 1. The van der Waals surface area contributed by atoms with E-state index in [0.29, 0.717) is 23.6 Å². The quantitative estimate of drug-likeness (QED) is 0.753. The van der Waals surface area contributed by atoms with Crippen LogP contribution in [0.15, 0.2) is 24.3 Å². The average Bonchev–Trinajstić information content (AvgIpc) is 2.63. The van der Waals surface area contributed by atoms with Crippen molar-refractivity contribution >= 4 is 35.2 Å². The SMILES string of the molecule is CCOC(=O)c1ccc(NC(=O)CSCC(=O)N2CCCCC2)cc1. The molecule has 136 valence electrons. The maximum Gasteiger partial charge on any atom is 0.338 e. The highest BCUT2D eigenvalue weighted by molar-refractivity contribution is 8.00. The van der Waals surface area contributed by atoms with Crippen molar-refractivity contribution in [1.82, 2.24) is 4.90 Å². The first kappa shape index (κ1) is 19.3. The first-order valence-electron chi connectivity index (χ1n) is 8.52. The van der Waals surface area contributed by atoms with Gasteiger partial charge in [0.2, 0.25) is 11.8 Å². The van der Waals surface area contributed by atoms with Gasteiger partial charge in [-0.15, -0.1) is 11.8 Å². The van der Waals surface area contributed by atoms with E-state index in [2.05, 4.69) is 5.32 Å². The zero-order valence-corrected chi connectivity index (χ0v) is 15.3. The molecule has 1 aliphatic rings. The lowest BCUT2D eigenvalue weighted by molar-refractivity contribution is -0.129. The van der Waals surface area contributed by atoms with Gasteiger partial charge in [0.15, 0.2) is 0 Å². The van der Waals surface area contributed by atoms with Crippen molar-refractivity contribution in [3.05, 3.63) is 29.8 Å². The summed E-state index contributed by atoms with van der Waals surface area (Å²) in [5.74, 6) is 0.109. The fourth-order valence-corrected chi connectivity index (χ4v) is 3.28. The lowest BCUT2D eigenvalue weighted by Crippen LogP contribution is -2.37. The number of carbonyl (C=O) groups is 3. The third-order valence-corrected chi connectivity index (χ3v) is 4.76. The lowest BCUT2D eigenvalue weighted by Gasteiger charge is -2.26. The number of thioether (sulfide) groups is 1. The number of amides is 2. The molecule has 1 heterocycles. The number of ether oxygens (including phenoxy) is 1. The van der Waals surface area contributed by atoms with Gasteiger partial charge in [-0.1, -0.05) is 0 Å². The van der Waals surface area contributed by atoms with Crippen LogP contribution in [0, 0.1) is 0 Å². The van der Waals surface area contributed by atoms with Crippen molar-refractivity contribution in [2.45, 2.75) is 26.2 Å². The zero-order valence-electron chi connectivity index (χ0n) is 14.5. The lowest BCUT2D eigenvalue weighted by atomic mass is 10.1. The molecule has 0 aliphatic carbocycles. The molecular weight excluding hydrogens is 340 g/mol. The molecule has 1 aliphatic heterocycles. The summed E-state index contributed by atoms with van der Waals surface area (Å²) in [6, 6.07) is 6.54. The Morgan fingerprint density at radius 2 is 1.76 bits per heavy atom. The number of hydrogen-bond donors (Lipinski definition) is 1. The van der Waals surface area contributed by atoms with Crippen molar-refractivity contribution in [3.63, 3.8) is 0 Å². The molecule has 6 nitrogen and oxygen atoms in total. The number of esters is 1. The Hall–Kier alpha value is -2.02. The normalized spacial score (nSPS) is 14.0. The van der Waals surface area contributed by atoms with Gasteiger partial charge in [0, 0.05) is 18.8 Å². The van der Waals surface area contributed by atoms with Gasteiger partial charge in [-0.3, -0.25) is 9.59 Å². The minimum absolute atomic E-state index is 0.108. The maximum atomic E-state index is 12.0. The molecule has 2 rings (SSSR count). The van der Waals surface area contributed by atoms with Crippen LogP contribution in [-0.4, -0.2) is 53.9 Å². The molecule has 1 aromatic carbocycles. The number of anilines is 1. The van der Waals surface area contributed by atoms with Gasteiger partial charge in [-0.25, -0.2) is 4.79 Å². The average molecular weight is 364 g/mol. The number of hydrogen-bond acceptors (Lipinski definition) is 5. The fourth-order valence-electron chi connectivity index (χ4n) is 2.57. The third kappa shape index (κ3) is 6.42. The number of rotatable bonds is 7. The first-order valence-corrected chi connectivity index (χ1v) is 9.68. The smallest absolute Gasteiger partial charge is 0.338 e. The summed E-state index contributed by atoms with van der Waals surface area (Å²) in [5.41, 5.74) is 1.06. The van der Waals surface area contributed by atoms with Crippen LogP contribution in [-0.2, 0) is 14.3 Å². The standard InChI is InChI=1S/C18H24N2O4S/c1-2-24-18(23)14-6-8-15(9-7-14)19-16(21)12-25-13-17(22)20-10-4-3-5-11-20/h6-9H,2-5,10-13H2,1H3,(H,19,21). The monoisotopic (exact) mass is 364 g/mol. The third-order valence-electron chi connectivity index (χ3n) is 3.85. The zero-order chi connectivity index (χ0) is 18.1. The Bertz CT molecular complexity index is 598. The molecule has 0 unspecified atom stereocenters. The van der Waals surface area contributed by atoms with Crippen molar-refractivity contribution in [2.75, 3.05) is 36.5 Å². The highest BCUT2D eigenvalue weighted by Crippen LogP contribution is 2.13. The van der Waals surface area contributed by atoms with E-state index in [4.69, 9.17) is 4.74 Å². The minimum atomic E-state index is -0.382. The number of nitrogens with one attached hydrogen (secondary N) is 1. The summed E-state index contributed by atoms with van der Waals surface area (Å²) in [6.45, 7) is 3.74. The number of piperidine rings is 1. The Morgan fingerprint density at radius 3 is 2.40 bits per heavy atom. The molecule has 1 fully saturated rings. The van der Waals surface area contributed by atoms with Crippen LogP contribution in [0.2, 0.25) is 0 Å². The Morgan fingerprint density at radius 1 is 1.08 bits per heavy atom. The van der Waals surface area contributed by atoms with E-state index in [1.807, 2.05) is 4.90 Å². The van der Waals surface area contributed by atoms with Crippen molar-refractivity contribution in [1.29, 1.82) is 0 Å². The van der Waals surface area contributed by atoms with E-state index in [1.165, 1.54) is 18.2 Å². The van der Waals surface area contributed by atoms with Gasteiger partial charge in [-0.2, -0.15) is 0 Å². The molecule has 0 aromatic heterocycles. The Labute approximate surface area is 152 Å². The largest absolute Gasteiger partial charge is 0.462 e. The van der Waals surface area contributed by atoms with Gasteiger partial charge in [0.1, 0.15) is 0 Å². The van der Waals surface area contributed by atoms with Gasteiger partial charge < -0.3 is 15.0 Å². The molecule has 0 saturated carbocycles. The summed E-state index contributed by atoms with van der Waals surface area (Å²) < 4.78 is 4.91. The summed E-state index contributed by atoms with van der Waals surface area (Å²) >= 11 is 1.32. The topological polar surface area (TPSA) is 75.7 Å². The summed E-state index contributed by atoms with van der Waals surface area (Å²) in [5, 5.41) is 2.76. The first-order chi connectivity index (χ1) is 12.1. The van der Waals surface area contributed by atoms with E-state index in [0.717, 1.165) is 25.9 Å². The van der Waals surface area contributed by atoms with E-state index in [1.54, 1.807) is 31.2 Å². The highest BCUT2D eigenvalue weighted by Gasteiger charge is 2.16. The van der Waals surface area contributed by atoms with E-state index in [9.17, 15) is 14.4 Å². The van der Waals surface area contributed by atoms with Crippen molar-refractivity contribution in [2.24, 2.45) is 0 Å². The second kappa shape index (κ2) is 10.1. The van der Waals surface area contributed by atoms with Crippen LogP contribution in [0.1, 0.15) is 36.5 Å². The highest BCUT2D eigenvalue weighted by atomic mass is 32.2. The van der Waals surface area contributed by atoms with E-state index < -0.39 is 0 Å². The van der Waals surface area contributed by atoms with Crippen LogP contribution >= 0.6 is 11.8 Å². The van der Waals surface area contributed by atoms with Crippen molar-refractivity contribution in [3.8, 4) is 0 Å². The number of benzene rings is 1. The maximum absolute atomic E-state index is 12.0. The number of carbonyl (C=O) groups excluding carboxylic acids is 3. The molecule has 2 amide bonds. The molecule has 7 heteroatoms. The Kier molecular flexibility index (Phi) is 7.78. The van der Waals surface area contributed by atoms with Crippen LogP contribution in [0.5, 0.6) is 0 Å². The summed E-state index contributed by atoms with van der Waals surface area (Å²) in [6.07, 6.45) is 3.33. The fraction of sp³-hybridized carbons (Fsp3) is 0.500. The summed E-state index contributed by atoms with van der Waals surface area (Å²) in [4.78, 5) is 37.4. The van der Waals surface area contributed by atoms with E-state index >= 15 is 0 Å². The second-order valence-corrected chi connectivity index (χ2v) is 6.77. The van der Waals surface area contributed by atoms with E-state index in [-0.39, 0.29) is 23.5 Å². The molecule has 0 atom stereocenters. The number of likely N-dealkylation sites (tertiary alicyclic amines) is 1. The Balaban J connectivity index is 1.71. The molecule has 1 saturated heterocycles. The van der Waals surface area contributed by atoms with Gasteiger partial charge in [0.25, 0.3) is 0 Å². The summed E-state index contributed by atoms with van der Waals surface area (Å²) in [7, 11) is 0. The van der Waals surface area contributed by atoms with Gasteiger partial charge in [0.05, 0.1) is 23.7 Å². The van der Waals surface area contributed by atoms with Gasteiger partial charge in [-0.05, 0) is 50.5 Å². The second-order valence-electron chi connectivity index (χ2n) is 5.78. The van der Waals surface area contributed by atoms with Crippen LogP contribution < -0.4 is 5.32 Å². The predicted molar refractivity (Wildman–Crippen MR) is 98.8 cm³/mol. The van der Waals surface area contributed by atoms with Crippen LogP contribution in [0.25, 0.3) is 0 Å². The van der Waals surface area contributed by atoms with Gasteiger partial charge >= 0.3 is 5.97 Å². The molecular formula is C18H24N2O4S. The minimum Gasteiger partial charge on any atom is -0.462 e. The molecule has 1 N–H and O–H groups in total. The van der Waals surface area contributed by atoms with Crippen LogP contribution in [0.3, 0.4) is 0 Å². The molecule has 0 spiro atoms. The van der Waals surface area contributed by atoms with Crippen molar-refractivity contribution < 1.29 is 19.1 Å². The predicted octanol–water partition coefficient (Wildman–Crippen LogP) is 2.55.